The highest BCUT2D eigenvalue weighted by Gasteiger charge is 2.16. The number of alkyl halides is 1. The van der Waals surface area contributed by atoms with Crippen LogP contribution < -0.4 is 0 Å². The van der Waals surface area contributed by atoms with Crippen molar-refractivity contribution in [1.82, 2.24) is 0 Å². The second kappa shape index (κ2) is 5.07. The first-order valence-corrected chi connectivity index (χ1v) is 6.29. The molecule has 0 aliphatic heterocycles. The molecule has 1 aromatic rings. The van der Waals surface area contributed by atoms with Gasteiger partial charge in [-0.15, -0.1) is 11.6 Å². The smallest absolute Gasteiger partial charge is 0.0555 e. The molecule has 0 nitrogen and oxygen atoms in total. The van der Waals surface area contributed by atoms with Gasteiger partial charge in [0.2, 0.25) is 0 Å². The number of benzene rings is 1. The molecule has 0 amide bonds. The summed E-state index contributed by atoms with van der Waals surface area (Å²) in [4.78, 5) is 0. The Morgan fingerprint density at radius 2 is 1.93 bits per heavy atom. The minimum atomic E-state index is 0.317. The van der Waals surface area contributed by atoms with Crippen LogP contribution in [-0.4, -0.2) is 0 Å². The minimum absolute atomic E-state index is 0.317. The van der Waals surface area contributed by atoms with Crippen molar-refractivity contribution in [3.8, 4) is 0 Å². The Balaban J connectivity index is 3.45. The Morgan fingerprint density at radius 1 is 1.36 bits per heavy atom. The third kappa shape index (κ3) is 2.38. The molecule has 0 aromatic heterocycles. The summed E-state index contributed by atoms with van der Waals surface area (Å²) in [5, 5.41) is 1.38. The lowest BCUT2D eigenvalue weighted by Gasteiger charge is -2.15. The maximum atomic E-state index is 6.21. The third-order valence-corrected chi connectivity index (χ3v) is 4.10. The van der Waals surface area contributed by atoms with Crippen molar-refractivity contribution in [2.75, 3.05) is 0 Å². The first-order chi connectivity index (χ1) is 6.49. The first-order valence-electron chi connectivity index (χ1n) is 4.21. The van der Waals surface area contributed by atoms with E-state index in [0.29, 0.717) is 21.8 Å². The van der Waals surface area contributed by atoms with Crippen LogP contribution in [0.2, 0.25) is 10.0 Å². The van der Waals surface area contributed by atoms with Gasteiger partial charge in [0.15, 0.2) is 0 Å². The zero-order chi connectivity index (χ0) is 10.9. The molecule has 1 rings (SSSR count). The van der Waals surface area contributed by atoms with Gasteiger partial charge in [0.1, 0.15) is 0 Å². The molecule has 0 heterocycles. The van der Waals surface area contributed by atoms with Crippen molar-refractivity contribution < 1.29 is 0 Å². The molecule has 78 valence electrons. The molecule has 0 saturated carbocycles. The Bertz CT molecular complexity index is 348. The van der Waals surface area contributed by atoms with E-state index in [1.807, 2.05) is 0 Å². The van der Waals surface area contributed by atoms with E-state index < -0.39 is 0 Å². The van der Waals surface area contributed by atoms with Crippen LogP contribution in [0.3, 0.4) is 0 Å². The number of hydrogen-bond donors (Lipinski definition) is 0. The molecule has 0 atom stereocenters. The van der Waals surface area contributed by atoms with Gasteiger partial charge in [-0.25, -0.2) is 0 Å². The average molecular weight is 316 g/mol. The zero-order valence-electron chi connectivity index (χ0n) is 7.87. The summed E-state index contributed by atoms with van der Waals surface area (Å²) in [5.74, 6) is 0.698. The standard InChI is InChI=1S/C10H10BrCl3/c1-5(2)8-9(11)7(13)3-6(4-12)10(8)14/h3,5H,4H2,1-2H3. The van der Waals surface area contributed by atoms with Gasteiger partial charge in [0, 0.05) is 15.4 Å². The van der Waals surface area contributed by atoms with E-state index in [1.54, 1.807) is 6.07 Å². The summed E-state index contributed by atoms with van der Waals surface area (Å²) in [6, 6.07) is 1.80. The monoisotopic (exact) mass is 314 g/mol. The first kappa shape index (κ1) is 12.6. The van der Waals surface area contributed by atoms with Crippen molar-refractivity contribution in [2.24, 2.45) is 0 Å². The third-order valence-electron chi connectivity index (χ3n) is 1.99. The van der Waals surface area contributed by atoms with Crippen molar-refractivity contribution in [2.45, 2.75) is 25.6 Å². The van der Waals surface area contributed by atoms with Crippen LogP contribution in [0.15, 0.2) is 10.5 Å². The van der Waals surface area contributed by atoms with E-state index in [4.69, 9.17) is 34.8 Å². The SMILES string of the molecule is CC(C)c1c(Cl)c(CCl)cc(Cl)c1Br. The Labute approximate surface area is 108 Å². The molecule has 4 heteroatoms. The summed E-state index contributed by atoms with van der Waals surface area (Å²) in [7, 11) is 0. The van der Waals surface area contributed by atoms with E-state index in [1.165, 1.54) is 0 Å². The van der Waals surface area contributed by atoms with Crippen LogP contribution in [0.1, 0.15) is 30.9 Å². The summed E-state index contributed by atoms with van der Waals surface area (Å²) in [5.41, 5.74) is 1.90. The zero-order valence-corrected chi connectivity index (χ0v) is 11.7. The summed E-state index contributed by atoms with van der Waals surface area (Å²) < 4.78 is 0.869. The second-order valence-electron chi connectivity index (χ2n) is 3.35. The van der Waals surface area contributed by atoms with Gasteiger partial charge in [-0.3, -0.25) is 0 Å². The van der Waals surface area contributed by atoms with E-state index >= 15 is 0 Å². The Hall–Kier alpha value is 0.570. The van der Waals surface area contributed by atoms with Gasteiger partial charge in [-0.05, 0) is 39.0 Å². The van der Waals surface area contributed by atoms with Crippen molar-refractivity contribution in [3.63, 3.8) is 0 Å². The molecule has 0 saturated heterocycles. The highest BCUT2D eigenvalue weighted by molar-refractivity contribution is 9.10. The highest BCUT2D eigenvalue weighted by Crippen LogP contribution is 2.39. The Kier molecular flexibility index (Phi) is 4.57. The molecule has 0 aliphatic carbocycles. The van der Waals surface area contributed by atoms with Crippen molar-refractivity contribution in [1.29, 1.82) is 0 Å². The average Bonchev–Trinajstić information content (AvgIpc) is 2.11. The maximum absolute atomic E-state index is 6.21. The van der Waals surface area contributed by atoms with Gasteiger partial charge < -0.3 is 0 Å². The maximum Gasteiger partial charge on any atom is 0.0555 e. The van der Waals surface area contributed by atoms with Crippen LogP contribution in [0.25, 0.3) is 0 Å². The quantitative estimate of drug-likeness (QED) is 0.491. The molecule has 0 N–H and O–H groups in total. The molecule has 0 fully saturated rings. The van der Waals surface area contributed by atoms with Crippen molar-refractivity contribution in [3.05, 3.63) is 31.7 Å². The topological polar surface area (TPSA) is 0 Å². The molecular formula is C10H10BrCl3. The fourth-order valence-electron chi connectivity index (χ4n) is 1.28. The minimum Gasteiger partial charge on any atom is -0.121 e. The predicted octanol–water partition coefficient (Wildman–Crippen LogP) is 5.62. The van der Waals surface area contributed by atoms with E-state index in [0.717, 1.165) is 15.6 Å². The second-order valence-corrected chi connectivity index (χ2v) is 5.19. The lowest BCUT2D eigenvalue weighted by atomic mass is 10.0. The van der Waals surface area contributed by atoms with Crippen LogP contribution in [0.4, 0.5) is 0 Å². The summed E-state index contributed by atoms with van der Waals surface area (Å²) in [6.07, 6.45) is 0. The number of halogens is 4. The molecule has 0 bridgehead atoms. The predicted molar refractivity (Wildman–Crippen MR) is 67.8 cm³/mol. The molecule has 14 heavy (non-hydrogen) atoms. The van der Waals surface area contributed by atoms with Crippen LogP contribution in [0, 0.1) is 0 Å². The van der Waals surface area contributed by atoms with Gasteiger partial charge >= 0.3 is 0 Å². The molecule has 0 unspecified atom stereocenters. The number of rotatable bonds is 2. The van der Waals surface area contributed by atoms with E-state index in [9.17, 15) is 0 Å². The fraction of sp³-hybridized carbons (Fsp3) is 0.400. The lowest BCUT2D eigenvalue weighted by Crippen LogP contribution is -1.95. The molecular weight excluding hydrogens is 306 g/mol. The molecule has 0 radical (unpaired) electrons. The number of hydrogen-bond acceptors (Lipinski definition) is 0. The van der Waals surface area contributed by atoms with Crippen LogP contribution >= 0.6 is 50.7 Å². The van der Waals surface area contributed by atoms with Crippen LogP contribution in [0.5, 0.6) is 0 Å². The van der Waals surface area contributed by atoms with Gasteiger partial charge in [0.25, 0.3) is 0 Å². The Morgan fingerprint density at radius 3 is 2.36 bits per heavy atom. The van der Waals surface area contributed by atoms with Gasteiger partial charge in [-0.2, -0.15) is 0 Å². The van der Waals surface area contributed by atoms with E-state index in [2.05, 4.69) is 29.8 Å². The molecule has 1 aromatic carbocycles. The van der Waals surface area contributed by atoms with E-state index in [-0.39, 0.29) is 0 Å². The van der Waals surface area contributed by atoms with Gasteiger partial charge in [0.05, 0.1) is 5.02 Å². The lowest BCUT2D eigenvalue weighted by molar-refractivity contribution is 0.859. The summed E-state index contributed by atoms with van der Waals surface area (Å²) >= 11 is 21.5. The van der Waals surface area contributed by atoms with Crippen LogP contribution in [-0.2, 0) is 5.88 Å². The van der Waals surface area contributed by atoms with Crippen molar-refractivity contribution >= 4 is 50.7 Å². The normalized spacial score (nSPS) is 11.1. The highest BCUT2D eigenvalue weighted by atomic mass is 79.9. The fourth-order valence-corrected chi connectivity index (χ4v) is 3.11. The molecule has 0 aliphatic rings. The van der Waals surface area contributed by atoms with Gasteiger partial charge in [-0.1, -0.05) is 37.0 Å². The summed E-state index contributed by atoms with van der Waals surface area (Å²) in [6.45, 7) is 4.14. The molecule has 0 spiro atoms. The largest absolute Gasteiger partial charge is 0.121 e.